The molecule has 154 valence electrons. The average Bonchev–Trinajstić information content (AvgIpc) is 3.16. The van der Waals surface area contributed by atoms with E-state index in [1.54, 1.807) is 13.8 Å². The van der Waals surface area contributed by atoms with Crippen molar-refractivity contribution in [2.75, 3.05) is 13.1 Å². The summed E-state index contributed by atoms with van der Waals surface area (Å²) in [6, 6.07) is 4.64. The maximum absolute atomic E-state index is 12.6. The highest BCUT2D eigenvalue weighted by Crippen LogP contribution is 2.22. The molecule has 0 saturated carbocycles. The smallest absolute Gasteiger partial charge is 0.338 e. The number of benzene rings is 1. The molecule has 0 aromatic heterocycles. The Kier molecular flexibility index (Phi) is 7.14. The molecule has 2 N–H and O–H groups in total. The molecular weight excluding hydrogens is 386 g/mol. The zero-order valence-electron chi connectivity index (χ0n) is 16.1. The van der Waals surface area contributed by atoms with Crippen LogP contribution in [0.4, 0.5) is 4.79 Å². The van der Waals surface area contributed by atoms with Gasteiger partial charge < -0.3 is 10.1 Å². The minimum absolute atomic E-state index is 0.00253. The second kappa shape index (κ2) is 9.16. The summed E-state index contributed by atoms with van der Waals surface area (Å²) in [4.78, 5) is 35.8. The van der Waals surface area contributed by atoms with E-state index >= 15 is 0 Å². The van der Waals surface area contributed by atoms with Crippen LogP contribution in [-0.4, -0.2) is 55.9 Å². The Bertz CT molecular complexity index is 847. The van der Waals surface area contributed by atoms with Gasteiger partial charge in [0.05, 0.1) is 10.5 Å². The number of urea groups is 1. The quantitative estimate of drug-likeness (QED) is 0.680. The first-order valence-corrected chi connectivity index (χ1v) is 10.5. The predicted octanol–water partition coefficient (Wildman–Crippen LogP) is 1.25. The van der Waals surface area contributed by atoms with Gasteiger partial charge in [-0.25, -0.2) is 18.0 Å². The van der Waals surface area contributed by atoms with Crippen molar-refractivity contribution in [3.63, 3.8) is 0 Å². The molecule has 0 radical (unpaired) electrons. The van der Waals surface area contributed by atoms with E-state index in [0.29, 0.717) is 13.1 Å². The Balaban J connectivity index is 2.04. The van der Waals surface area contributed by atoms with Crippen molar-refractivity contribution in [1.29, 1.82) is 0 Å². The highest BCUT2D eigenvalue weighted by Gasteiger charge is 2.28. The number of carbonyl (C=O) groups is 3. The maximum Gasteiger partial charge on any atom is 0.338 e. The SMILES string of the molecule is CC(C)NC(=O)NC(=O)[C@@H](C)OC(=O)c1cccc(S(=O)(=O)N2CCCC2)c1. The summed E-state index contributed by atoms with van der Waals surface area (Å²) >= 11 is 0. The number of nitrogens with one attached hydrogen (secondary N) is 2. The molecule has 3 amide bonds. The monoisotopic (exact) mass is 411 g/mol. The lowest BCUT2D eigenvalue weighted by Gasteiger charge is -2.17. The third kappa shape index (κ3) is 5.52. The fraction of sp³-hybridized carbons (Fsp3) is 0.500. The van der Waals surface area contributed by atoms with E-state index in [-0.39, 0.29) is 16.5 Å². The number of carbonyl (C=O) groups excluding carboxylic acids is 3. The van der Waals surface area contributed by atoms with Gasteiger partial charge in [-0.3, -0.25) is 10.1 Å². The van der Waals surface area contributed by atoms with Gasteiger partial charge >= 0.3 is 12.0 Å². The summed E-state index contributed by atoms with van der Waals surface area (Å²) in [6.07, 6.45) is 0.375. The third-order valence-corrected chi connectivity index (χ3v) is 5.98. The summed E-state index contributed by atoms with van der Waals surface area (Å²) in [7, 11) is -3.67. The first-order valence-electron chi connectivity index (χ1n) is 9.04. The number of hydrogen-bond donors (Lipinski definition) is 2. The van der Waals surface area contributed by atoms with Crippen molar-refractivity contribution in [3.8, 4) is 0 Å². The third-order valence-electron chi connectivity index (χ3n) is 4.08. The number of amides is 3. The van der Waals surface area contributed by atoms with Gasteiger partial charge in [0, 0.05) is 19.1 Å². The largest absolute Gasteiger partial charge is 0.449 e. The Labute approximate surface area is 164 Å². The van der Waals surface area contributed by atoms with E-state index in [2.05, 4.69) is 10.6 Å². The van der Waals surface area contributed by atoms with Crippen LogP contribution in [0.1, 0.15) is 44.0 Å². The molecule has 0 aliphatic carbocycles. The van der Waals surface area contributed by atoms with E-state index < -0.39 is 34.0 Å². The number of esters is 1. The molecule has 1 aromatic carbocycles. The van der Waals surface area contributed by atoms with E-state index in [4.69, 9.17) is 4.74 Å². The maximum atomic E-state index is 12.6. The minimum atomic E-state index is -3.67. The second-order valence-corrected chi connectivity index (χ2v) is 8.74. The van der Waals surface area contributed by atoms with Crippen molar-refractivity contribution >= 4 is 27.9 Å². The lowest BCUT2D eigenvalue weighted by atomic mass is 10.2. The van der Waals surface area contributed by atoms with Crippen molar-refractivity contribution in [2.24, 2.45) is 0 Å². The molecular formula is C18H25N3O6S. The van der Waals surface area contributed by atoms with Gasteiger partial charge in [0.2, 0.25) is 10.0 Å². The fourth-order valence-electron chi connectivity index (χ4n) is 2.65. The molecule has 1 aliphatic heterocycles. The molecule has 0 spiro atoms. The predicted molar refractivity (Wildman–Crippen MR) is 101 cm³/mol. The molecule has 9 nitrogen and oxygen atoms in total. The second-order valence-electron chi connectivity index (χ2n) is 6.80. The van der Waals surface area contributed by atoms with Crippen molar-refractivity contribution < 1.29 is 27.5 Å². The molecule has 0 bridgehead atoms. The van der Waals surface area contributed by atoms with Gasteiger partial charge in [-0.2, -0.15) is 4.31 Å². The van der Waals surface area contributed by atoms with Crippen molar-refractivity contribution in [2.45, 2.75) is 50.7 Å². The van der Waals surface area contributed by atoms with Gasteiger partial charge in [0.25, 0.3) is 5.91 Å². The summed E-state index contributed by atoms with van der Waals surface area (Å²) in [5.74, 6) is -1.64. The Morgan fingerprint density at radius 2 is 1.75 bits per heavy atom. The van der Waals surface area contributed by atoms with Crippen LogP contribution in [0.25, 0.3) is 0 Å². The molecule has 1 heterocycles. The van der Waals surface area contributed by atoms with Crippen LogP contribution in [0.5, 0.6) is 0 Å². The molecule has 0 unspecified atom stereocenters. The number of rotatable bonds is 6. The molecule has 1 fully saturated rings. The number of nitrogens with zero attached hydrogens (tertiary/aromatic N) is 1. The summed E-state index contributed by atoms with van der Waals surface area (Å²) < 4.78 is 31.7. The van der Waals surface area contributed by atoms with Gasteiger partial charge in [-0.15, -0.1) is 0 Å². The van der Waals surface area contributed by atoms with Gasteiger partial charge in [0.1, 0.15) is 0 Å². The van der Waals surface area contributed by atoms with Gasteiger partial charge in [-0.1, -0.05) is 6.07 Å². The highest BCUT2D eigenvalue weighted by atomic mass is 32.2. The standard InChI is InChI=1S/C18H25N3O6S/c1-12(2)19-18(24)20-16(22)13(3)27-17(23)14-7-6-8-15(11-14)28(25,26)21-9-4-5-10-21/h6-8,11-13H,4-5,9-10H2,1-3H3,(H2,19,20,22,24)/t13-/m1/s1. The summed E-state index contributed by atoms with van der Waals surface area (Å²) in [5.41, 5.74) is 0.00607. The molecule has 1 atom stereocenters. The van der Waals surface area contributed by atoms with E-state index in [1.807, 2.05) is 0 Å². The molecule has 2 rings (SSSR count). The zero-order chi connectivity index (χ0) is 20.9. The minimum Gasteiger partial charge on any atom is -0.449 e. The Morgan fingerprint density at radius 1 is 1.11 bits per heavy atom. The normalized spacial score (nSPS) is 15.9. The van der Waals surface area contributed by atoms with E-state index in [0.717, 1.165) is 12.8 Å². The number of hydrogen-bond acceptors (Lipinski definition) is 6. The first-order chi connectivity index (χ1) is 13.1. The van der Waals surface area contributed by atoms with Crippen molar-refractivity contribution in [1.82, 2.24) is 14.9 Å². The van der Waals surface area contributed by atoms with Crippen LogP contribution < -0.4 is 10.6 Å². The first kappa shape index (κ1) is 21.8. The molecule has 10 heteroatoms. The number of imide groups is 1. The lowest BCUT2D eigenvalue weighted by molar-refractivity contribution is -0.127. The van der Waals surface area contributed by atoms with Gasteiger partial charge in [0.15, 0.2) is 6.10 Å². The number of sulfonamides is 1. The lowest BCUT2D eigenvalue weighted by Crippen LogP contribution is -2.46. The molecule has 1 aliphatic rings. The van der Waals surface area contributed by atoms with E-state index in [9.17, 15) is 22.8 Å². The van der Waals surface area contributed by atoms with Crippen LogP contribution in [0.3, 0.4) is 0 Å². The summed E-state index contributed by atoms with van der Waals surface area (Å²) in [5, 5.41) is 4.55. The average molecular weight is 411 g/mol. The van der Waals surface area contributed by atoms with Crippen LogP contribution in [0.2, 0.25) is 0 Å². The van der Waals surface area contributed by atoms with Crippen LogP contribution in [0, 0.1) is 0 Å². The zero-order valence-corrected chi connectivity index (χ0v) is 16.9. The highest BCUT2D eigenvalue weighted by molar-refractivity contribution is 7.89. The Morgan fingerprint density at radius 3 is 2.36 bits per heavy atom. The van der Waals surface area contributed by atoms with Crippen molar-refractivity contribution in [3.05, 3.63) is 29.8 Å². The molecule has 1 saturated heterocycles. The van der Waals surface area contributed by atoms with Crippen LogP contribution in [-0.2, 0) is 19.6 Å². The van der Waals surface area contributed by atoms with Crippen LogP contribution >= 0.6 is 0 Å². The summed E-state index contributed by atoms with van der Waals surface area (Å²) in [6.45, 7) is 5.69. The molecule has 28 heavy (non-hydrogen) atoms. The molecule has 1 aromatic rings. The van der Waals surface area contributed by atoms with E-state index in [1.165, 1.54) is 35.5 Å². The van der Waals surface area contributed by atoms with Gasteiger partial charge in [-0.05, 0) is 51.8 Å². The van der Waals surface area contributed by atoms with Crippen LogP contribution in [0.15, 0.2) is 29.2 Å². The fourth-order valence-corrected chi connectivity index (χ4v) is 4.22. The topological polar surface area (TPSA) is 122 Å². The Hall–Kier alpha value is -2.46. The number of ether oxygens (including phenoxy) is 1.